The van der Waals surface area contributed by atoms with Crippen molar-refractivity contribution < 1.29 is 4.79 Å². The first-order chi connectivity index (χ1) is 9.26. The van der Waals surface area contributed by atoms with Crippen molar-refractivity contribution in [2.45, 2.75) is 39.2 Å². The highest BCUT2D eigenvalue weighted by Crippen LogP contribution is 2.22. The monoisotopic (exact) mass is 261 g/mol. The lowest BCUT2D eigenvalue weighted by atomic mass is 9.99. The Bertz CT molecular complexity index is 406. The highest BCUT2D eigenvalue weighted by Gasteiger charge is 2.17. The van der Waals surface area contributed by atoms with E-state index >= 15 is 0 Å². The lowest BCUT2D eigenvalue weighted by Crippen LogP contribution is -2.31. The molecular formula is C15H23N3O. The van der Waals surface area contributed by atoms with E-state index in [9.17, 15) is 4.79 Å². The van der Waals surface area contributed by atoms with Gasteiger partial charge in [-0.15, -0.1) is 0 Å². The number of piperidine rings is 1. The first-order valence-electron chi connectivity index (χ1n) is 7.24. The van der Waals surface area contributed by atoms with Crippen molar-refractivity contribution in [3.8, 4) is 0 Å². The zero-order valence-corrected chi connectivity index (χ0v) is 11.9. The van der Waals surface area contributed by atoms with Gasteiger partial charge < -0.3 is 10.2 Å². The Morgan fingerprint density at radius 3 is 2.68 bits per heavy atom. The maximum absolute atomic E-state index is 12.1. The Hall–Kier alpha value is -1.42. The van der Waals surface area contributed by atoms with Crippen LogP contribution in [0.25, 0.3) is 0 Å². The molecule has 1 aliphatic rings. The molecular weight excluding hydrogens is 238 g/mol. The Kier molecular flexibility index (Phi) is 4.91. The highest BCUT2D eigenvalue weighted by molar-refractivity contribution is 5.92. The minimum Gasteiger partial charge on any atom is -0.338 e. The summed E-state index contributed by atoms with van der Waals surface area (Å²) in [7, 11) is 0. The van der Waals surface area contributed by atoms with E-state index in [1.54, 1.807) is 4.90 Å². The first-order valence-corrected chi connectivity index (χ1v) is 7.24. The van der Waals surface area contributed by atoms with Crippen molar-refractivity contribution in [3.63, 3.8) is 0 Å². The number of hydrogen-bond acceptors (Lipinski definition) is 3. The number of rotatable bonds is 4. The third kappa shape index (κ3) is 3.32. The minimum absolute atomic E-state index is 0.0214. The van der Waals surface area contributed by atoms with E-state index < -0.39 is 0 Å². The maximum atomic E-state index is 12.1. The van der Waals surface area contributed by atoms with Gasteiger partial charge in [0.15, 0.2) is 0 Å². The fourth-order valence-electron chi connectivity index (χ4n) is 2.55. The Morgan fingerprint density at radius 2 is 2.16 bits per heavy atom. The van der Waals surface area contributed by atoms with E-state index in [-0.39, 0.29) is 5.91 Å². The van der Waals surface area contributed by atoms with Crippen LogP contribution in [0.15, 0.2) is 18.3 Å². The second kappa shape index (κ2) is 6.66. The van der Waals surface area contributed by atoms with Gasteiger partial charge in [0.05, 0.1) is 0 Å². The predicted octanol–water partition coefficient (Wildman–Crippen LogP) is 2.38. The molecule has 1 unspecified atom stereocenters. The van der Waals surface area contributed by atoms with Crippen LogP contribution in [0.1, 0.15) is 55.2 Å². The summed E-state index contributed by atoms with van der Waals surface area (Å²) in [6, 6.07) is 4.29. The number of carbonyl (C=O) groups excluding carboxylic acids is 1. The summed E-state index contributed by atoms with van der Waals surface area (Å²) in [4.78, 5) is 18.3. The van der Waals surface area contributed by atoms with Crippen LogP contribution in [0.2, 0.25) is 0 Å². The summed E-state index contributed by atoms with van der Waals surface area (Å²) in [5.41, 5.74) is 1.74. The fourth-order valence-corrected chi connectivity index (χ4v) is 2.55. The molecule has 0 radical (unpaired) electrons. The third-order valence-electron chi connectivity index (χ3n) is 3.77. The molecule has 4 nitrogen and oxygen atoms in total. The summed E-state index contributed by atoms with van der Waals surface area (Å²) in [6.07, 6.45) is 5.52. The molecule has 2 heterocycles. The molecule has 1 atom stereocenters. The van der Waals surface area contributed by atoms with E-state index in [0.29, 0.717) is 11.7 Å². The quantitative estimate of drug-likeness (QED) is 0.905. The van der Waals surface area contributed by atoms with Gasteiger partial charge in [0.25, 0.3) is 5.91 Å². The number of nitrogens with one attached hydrogen (secondary N) is 1. The number of carbonyl (C=O) groups is 1. The number of aromatic nitrogens is 1. The van der Waals surface area contributed by atoms with E-state index in [0.717, 1.165) is 26.1 Å². The van der Waals surface area contributed by atoms with Crippen molar-refractivity contribution in [1.82, 2.24) is 15.2 Å². The van der Waals surface area contributed by atoms with Crippen molar-refractivity contribution >= 4 is 5.91 Å². The molecule has 4 heteroatoms. The molecule has 1 aromatic heterocycles. The van der Waals surface area contributed by atoms with Crippen LogP contribution in [-0.2, 0) is 0 Å². The van der Waals surface area contributed by atoms with Crippen LogP contribution in [0.5, 0.6) is 0 Å². The smallest absolute Gasteiger partial charge is 0.272 e. The number of nitrogens with zero attached hydrogens (tertiary/aromatic N) is 2. The summed E-state index contributed by atoms with van der Waals surface area (Å²) in [5.74, 6) is 0.0214. The van der Waals surface area contributed by atoms with Crippen LogP contribution in [0.4, 0.5) is 0 Å². The third-order valence-corrected chi connectivity index (χ3v) is 3.77. The van der Waals surface area contributed by atoms with E-state index in [1.807, 2.05) is 32.2 Å². The molecule has 1 N–H and O–H groups in total. The second-order valence-corrected chi connectivity index (χ2v) is 4.96. The molecule has 0 saturated carbocycles. The van der Waals surface area contributed by atoms with Crippen LogP contribution >= 0.6 is 0 Å². The topological polar surface area (TPSA) is 45.2 Å². The minimum atomic E-state index is 0.0214. The van der Waals surface area contributed by atoms with E-state index in [1.165, 1.54) is 18.4 Å². The van der Waals surface area contributed by atoms with Crippen molar-refractivity contribution in [1.29, 1.82) is 0 Å². The van der Waals surface area contributed by atoms with Gasteiger partial charge in [-0.3, -0.25) is 9.78 Å². The average molecular weight is 261 g/mol. The van der Waals surface area contributed by atoms with Gasteiger partial charge >= 0.3 is 0 Å². The van der Waals surface area contributed by atoms with Crippen molar-refractivity contribution in [3.05, 3.63) is 29.6 Å². The summed E-state index contributed by atoms with van der Waals surface area (Å²) in [5, 5.41) is 3.49. The highest BCUT2D eigenvalue weighted by atomic mass is 16.2. The number of amides is 1. The lowest BCUT2D eigenvalue weighted by Gasteiger charge is -2.24. The Labute approximate surface area is 115 Å². The first kappa shape index (κ1) is 14.0. The second-order valence-electron chi connectivity index (χ2n) is 4.96. The van der Waals surface area contributed by atoms with Crippen LogP contribution < -0.4 is 5.32 Å². The molecule has 1 aliphatic heterocycles. The standard InChI is InChI=1S/C15H23N3O/c1-3-18(4-2)15(19)14-9-8-12(11-17-14)13-7-5-6-10-16-13/h8-9,11,13,16H,3-7,10H2,1-2H3. The summed E-state index contributed by atoms with van der Waals surface area (Å²) in [6.45, 7) is 6.50. The molecule has 2 rings (SSSR count). The number of hydrogen-bond donors (Lipinski definition) is 1. The molecule has 0 aromatic carbocycles. The molecule has 0 bridgehead atoms. The Balaban J connectivity index is 2.07. The molecule has 1 saturated heterocycles. The van der Waals surface area contributed by atoms with Gasteiger partial charge in [-0.2, -0.15) is 0 Å². The van der Waals surface area contributed by atoms with Crippen molar-refractivity contribution in [2.24, 2.45) is 0 Å². The average Bonchev–Trinajstić information content (AvgIpc) is 2.49. The van der Waals surface area contributed by atoms with Gasteiger partial charge in [0, 0.05) is 25.3 Å². The Morgan fingerprint density at radius 1 is 1.37 bits per heavy atom. The lowest BCUT2D eigenvalue weighted by molar-refractivity contribution is 0.0767. The summed E-state index contributed by atoms with van der Waals surface area (Å²) < 4.78 is 0. The van der Waals surface area contributed by atoms with E-state index in [4.69, 9.17) is 0 Å². The van der Waals surface area contributed by atoms with Gasteiger partial charge in [-0.25, -0.2) is 0 Å². The maximum Gasteiger partial charge on any atom is 0.272 e. The van der Waals surface area contributed by atoms with Gasteiger partial charge in [0.2, 0.25) is 0 Å². The molecule has 0 aliphatic carbocycles. The SMILES string of the molecule is CCN(CC)C(=O)c1ccc(C2CCCCN2)cn1. The molecule has 1 amide bonds. The summed E-state index contributed by atoms with van der Waals surface area (Å²) >= 11 is 0. The zero-order chi connectivity index (χ0) is 13.7. The van der Waals surface area contributed by atoms with Crippen LogP contribution in [0.3, 0.4) is 0 Å². The molecule has 1 aromatic rings. The molecule has 104 valence electrons. The van der Waals surface area contributed by atoms with Crippen molar-refractivity contribution in [2.75, 3.05) is 19.6 Å². The predicted molar refractivity (Wildman–Crippen MR) is 76.1 cm³/mol. The molecule has 1 fully saturated rings. The van der Waals surface area contributed by atoms with Crippen LogP contribution in [-0.4, -0.2) is 35.4 Å². The fraction of sp³-hybridized carbons (Fsp3) is 0.600. The molecule has 0 spiro atoms. The van der Waals surface area contributed by atoms with Crippen LogP contribution in [0, 0.1) is 0 Å². The largest absolute Gasteiger partial charge is 0.338 e. The van der Waals surface area contributed by atoms with Gasteiger partial charge in [0.1, 0.15) is 5.69 Å². The van der Waals surface area contributed by atoms with Gasteiger partial charge in [-0.1, -0.05) is 12.5 Å². The van der Waals surface area contributed by atoms with Gasteiger partial charge in [-0.05, 0) is 44.9 Å². The number of pyridine rings is 1. The van der Waals surface area contributed by atoms with E-state index in [2.05, 4.69) is 10.3 Å². The molecule has 19 heavy (non-hydrogen) atoms. The normalized spacial score (nSPS) is 19.2. The zero-order valence-electron chi connectivity index (χ0n) is 11.9.